The summed E-state index contributed by atoms with van der Waals surface area (Å²) in [5.74, 6) is 2.15. The van der Waals surface area contributed by atoms with Crippen molar-refractivity contribution in [2.75, 3.05) is 18.0 Å². The Kier molecular flexibility index (Phi) is 3.34. The third kappa shape index (κ3) is 2.61. The van der Waals surface area contributed by atoms with Crippen LogP contribution in [-0.4, -0.2) is 33.0 Å². The Balaban J connectivity index is 1.79. The van der Waals surface area contributed by atoms with Crippen molar-refractivity contribution in [3.63, 3.8) is 0 Å². The van der Waals surface area contributed by atoms with Crippen LogP contribution in [0.5, 0.6) is 0 Å². The van der Waals surface area contributed by atoms with Gasteiger partial charge in [-0.2, -0.15) is 0 Å². The quantitative estimate of drug-likeness (QED) is 0.836. The van der Waals surface area contributed by atoms with Crippen molar-refractivity contribution in [3.8, 4) is 0 Å². The fourth-order valence-corrected chi connectivity index (χ4v) is 2.67. The molecule has 0 N–H and O–H groups in total. The first kappa shape index (κ1) is 13.0. The van der Waals surface area contributed by atoms with E-state index in [9.17, 15) is 0 Å². The molecule has 0 amide bonds. The summed E-state index contributed by atoms with van der Waals surface area (Å²) in [5, 5.41) is 0. The molecule has 2 aromatic heterocycles. The molecule has 0 aromatic carbocycles. The van der Waals surface area contributed by atoms with Gasteiger partial charge in [0.05, 0.1) is 0 Å². The molecule has 1 atom stereocenters. The predicted molar refractivity (Wildman–Crippen MR) is 77.8 cm³/mol. The van der Waals surface area contributed by atoms with Crippen molar-refractivity contribution < 1.29 is 0 Å². The molecular weight excluding hydrogens is 250 g/mol. The van der Waals surface area contributed by atoms with E-state index in [1.165, 1.54) is 0 Å². The summed E-state index contributed by atoms with van der Waals surface area (Å²) in [7, 11) is 0. The number of hydrogen-bond donors (Lipinski definition) is 0. The van der Waals surface area contributed by atoms with E-state index >= 15 is 0 Å². The molecule has 0 spiro atoms. The Morgan fingerprint density at radius 3 is 2.50 bits per heavy atom. The molecular formula is C15H19N5. The zero-order valence-electron chi connectivity index (χ0n) is 12.2. The minimum Gasteiger partial charge on any atom is -0.340 e. The largest absolute Gasteiger partial charge is 0.340 e. The molecule has 0 saturated carbocycles. The van der Waals surface area contributed by atoms with E-state index < -0.39 is 0 Å². The molecule has 1 aliphatic heterocycles. The van der Waals surface area contributed by atoms with Crippen molar-refractivity contribution in [1.29, 1.82) is 0 Å². The number of aromatic nitrogens is 4. The Bertz CT molecular complexity index is 605. The lowest BCUT2D eigenvalue weighted by molar-refractivity contribution is 0.702. The Morgan fingerprint density at radius 1 is 1.05 bits per heavy atom. The highest BCUT2D eigenvalue weighted by molar-refractivity contribution is 5.35. The van der Waals surface area contributed by atoms with Crippen molar-refractivity contribution in [1.82, 2.24) is 19.9 Å². The van der Waals surface area contributed by atoms with Gasteiger partial charge >= 0.3 is 0 Å². The fourth-order valence-electron chi connectivity index (χ4n) is 2.67. The normalized spacial score (nSPS) is 18.6. The number of rotatable bonds is 2. The van der Waals surface area contributed by atoms with Crippen molar-refractivity contribution in [2.24, 2.45) is 0 Å². The Hall–Kier alpha value is -2.04. The van der Waals surface area contributed by atoms with E-state index in [2.05, 4.69) is 24.8 Å². The van der Waals surface area contributed by atoms with Crippen LogP contribution in [0.25, 0.3) is 0 Å². The molecule has 2 aromatic rings. The van der Waals surface area contributed by atoms with Gasteiger partial charge in [-0.3, -0.25) is 0 Å². The number of anilines is 1. The highest BCUT2D eigenvalue weighted by atomic mass is 15.3. The van der Waals surface area contributed by atoms with Gasteiger partial charge in [-0.05, 0) is 39.3 Å². The highest BCUT2D eigenvalue weighted by Gasteiger charge is 2.27. The molecule has 5 heteroatoms. The van der Waals surface area contributed by atoms with E-state index in [-0.39, 0.29) is 0 Å². The fraction of sp³-hybridized carbons (Fsp3) is 0.467. The van der Waals surface area contributed by atoms with Crippen LogP contribution in [0.1, 0.15) is 35.2 Å². The Labute approximate surface area is 119 Å². The molecule has 20 heavy (non-hydrogen) atoms. The van der Waals surface area contributed by atoms with Gasteiger partial charge in [0, 0.05) is 42.3 Å². The maximum absolute atomic E-state index is 4.54. The lowest BCUT2D eigenvalue weighted by Crippen LogP contribution is -2.22. The van der Waals surface area contributed by atoms with Crippen LogP contribution in [0.15, 0.2) is 18.3 Å². The number of aryl methyl sites for hydroxylation is 3. The zero-order chi connectivity index (χ0) is 14.1. The summed E-state index contributed by atoms with van der Waals surface area (Å²) >= 11 is 0. The standard InChI is InChI=1S/C15H19N5/c1-10-4-6-16-14(17-10)13-5-7-20(9-13)15-18-11(2)8-12(3)19-15/h4,6,8,13H,5,7,9H2,1-3H3. The number of hydrogen-bond acceptors (Lipinski definition) is 5. The van der Waals surface area contributed by atoms with Gasteiger partial charge in [0.2, 0.25) is 5.95 Å². The predicted octanol–water partition coefficient (Wildman–Crippen LogP) is 2.19. The summed E-state index contributed by atoms with van der Waals surface area (Å²) in [5.41, 5.74) is 3.06. The molecule has 5 nitrogen and oxygen atoms in total. The van der Waals surface area contributed by atoms with Crippen LogP contribution in [0.2, 0.25) is 0 Å². The summed E-state index contributed by atoms with van der Waals surface area (Å²) in [6.45, 7) is 7.88. The maximum atomic E-state index is 4.54. The SMILES string of the molecule is Cc1ccnc(C2CCN(c3nc(C)cc(C)n3)C2)n1. The smallest absolute Gasteiger partial charge is 0.225 e. The van der Waals surface area contributed by atoms with E-state index in [0.717, 1.165) is 48.4 Å². The van der Waals surface area contributed by atoms with E-state index in [0.29, 0.717) is 5.92 Å². The van der Waals surface area contributed by atoms with Gasteiger partial charge in [0.25, 0.3) is 0 Å². The monoisotopic (exact) mass is 269 g/mol. The average molecular weight is 269 g/mol. The molecule has 0 bridgehead atoms. The molecule has 1 aliphatic rings. The molecule has 104 valence electrons. The van der Waals surface area contributed by atoms with Crippen LogP contribution < -0.4 is 4.90 Å². The second-order valence-electron chi connectivity index (χ2n) is 5.44. The van der Waals surface area contributed by atoms with Crippen LogP contribution in [-0.2, 0) is 0 Å². The van der Waals surface area contributed by atoms with Gasteiger partial charge in [-0.1, -0.05) is 0 Å². The van der Waals surface area contributed by atoms with E-state index in [4.69, 9.17) is 0 Å². The third-order valence-corrected chi connectivity index (χ3v) is 3.62. The summed E-state index contributed by atoms with van der Waals surface area (Å²) in [6.07, 6.45) is 2.90. The van der Waals surface area contributed by atoms with E-state index in [1.807, 2.05) is 39.1 Å². The van der Waals surface area contributed by atoms with E-state index in [1.54, 1.807) is 0 Å². The molecule has 1 unspecified atom stereocenters. The molecule has 1 saturated heterocycles. The Morgan fingerprint density at radius 2 is 1.80 bits per heavy atom. The maximum Gasteiger partial charge on any atom is 0.225 e. The van der Waals surface area contributed by atoms with Crippen LogP contribution in [0.3, 0.4) is 0 Å². The summed E-state index contributed by atoms with van der Waals surface area (Å²) < 4.78 is 0. The first-order valence-corrected chi connectivity index (χ1v) is 6.98. The lowest BCUT2D eigenvalue weighted by Gasteiger charge is -2.17. The van der Waals surface area contributed by atoms with Crippen LogP contribution >= 0.6 is 0 Å². The average Bonchev–Trinajstić information content (AvgIpc) is 2.87. The molecule has 3 rings (SSSR count). The van der Waals surface area contributed by atoms with Crippen LogP contribution in [0.4, 0.5) is 5.95 Å². The van der Waals surface area contributed by atoms with Crippen LogP contribution in [0, 0.1) is 20.8 Å². The minimum atomic E-state index is 0.374. The molecule has 1 fully saturated rings. The first-order valence-electron chi connectivity index (χ1n) is 6.98. The van der Waals surface area contributed by atoms with Gasteiger partial charge in [-0.25, -0.2) is 19.9 Å². The highest BCUT2D eigenvalue weighted by Crippen LogP contribution is 2.27. The zero-order valence-corrected chi connectivity index (χ0v) is 12.2. The summed E-state index contributed by atoms with van der Waals surface area (Å²) in [4.78, 5) is 20.2. The molecule has 0 aliphatic carbocycles. The third-order valence-electron chi connectivity index (χ3n) is 3.62. The van der Waals surface area contributed by atoms with Gasteiger partial charge in [0.15, 0.2) is 0 Å². The van der Waals surface area contributed by atoms with Gasteiger partial charge in [0.1, 0.15) is 5.82 Å². The minimum absolute atomic E-state index is 0.374. The van der Waals surface area contributed by atoms with Crippen molar-refractivity contribution >= 4 is 5.95 Å². The molecule has 3 heterocycles. The van der Waals surface area contributed by atoms with Crippen molar-refractivity contribution in [3.05, 3.63) is 41.2 Å². The number of nitrogens with zero attached hydrogens (tertiary/aromatic N) is 5. The summed E-state index contributed by atoms with van der Waals surface area (Å²) in [6, 6.07) is 3.93. The molecule has 0 radical (unpaired) electrons. The second-order valence-corrected chi connectivity index (χ2v) is 5.44. The van der Waals surface area contributed by atoms with Gasteiger partial charge in [-0.15, -0.1) is 0 Å². The van der Waals surface area contributed by atoms with Crippen molar-refractivity contribution in [2.45, 2.75) is 33.1 Å². The van der Waals surface area contributed by atoms with Gasteiger partial charge < -0.3 is 4.90 Å². The first-order chi connectivity index (χ1) is 9.61. The second kappa shape index (κ2) is 5.15. The topological polar surface area (TPSA) is 54.8 Å². The lowest BCUT2D eigenvalue weighted by atomic mass is 10.1.